The molecule has 1 saturated heterocycles. The summed E-state index contributed by atoms with van der Waals surface area (Å²) < 4.78 is 10.8. The van der Waals surface area contributed by atoms with Crippen LogP contribution in [0.1, 0.15) is 12.0 Å². The summed E-state index contributed by atoms with van der Waals surface area (Å²) in [6, 6.07) is 7.55. The maximum Gasteiger partial charge on any atom is 0.276 e. The lowest BCUT2D eigenvalue weighted by molar-refractivity contribution is -0.908. The molecule has 0 aromatic heterocycles. The molecule has 0 radical (unpaired) electrons. The Labute approximate surface area is 154 Å². The van der Waals surface area contributed by atoms with Crippen molar-refractivity contribution in [3.63, 3.8) is 0 Å². The topological polar surface area (TPSA) is 76.1 Å². The zero-order valence-electron chi connectivity index (χ0n) is 14.6. The van der Waals surface area contributed by atoms with Crippen LogP contribution in [0.25, 0.3) is 0 Å². The number of ether oxygens (including phenoxy) is 2. The number of nitrogens with one attached hydrogen (secondary N) is 4. The van der Waals surface area contributed by atoms with Gasteiger partial charge in [-0.1, -0.05) is 12.1 Å². The number of hydrazine groups is 1. The Morgan fingerprint density at radius 3 is 2.88 bits per heavy atom. The molecule has 0 unspecified atom stereocenters. The summed E-state index contributed by atoms with van der Waals surface area (Å²) in [7, 11) is 0. The minimum Gasteiger partial charge on any atom is -0.484 e. The molecule has 1 aliphatic rings. The summed E-state index contributed by atoms with van der Waals surface area (Å²) in [6.07, 6.45) is 1.02. The first-order chi connectivity index (χ1) is 12.1. The number of hydrogen-bond donors (Lipinski definition) is 4. The Hall–Kier alpha value is -1.90. The van der Waals surface area contributed by atoms with Crippen LogP contribution in [-0.2, 0) is 9.53 Å². The van der Waals surface area contributed by atoms with Gasteiger partial charge < -0.3 is 19.7 Å². The molecule has 1 aromatic rings. The van der Waals surface area contributed by atoms with Crippen LogP contribution in [0.3, 0.4) is 0 Å². The number of aryl methyl sites for hydroxylation is 1. The number of morpholine rings is 1. The Balaban J connectivity index is 1.51. The van der Waals surface area contributed by atoms with E-state index in [9.17, 15) is 4.79 Å². The first kappa shape index (κ1) is 19.4. The summed E-state index contributed by atoms with van der Waals surface area (Å²) in [5.74, 6) is 0.380. The van der Waals surface area contributed by atoms with Gasteiger partial charge in [0.1, 0.15) is 18.8 Å². The molecule has 25 heavy (non-hydrogen) atoms. The fourth-order valence-electron chi connectivity index (χ4n) is 2.51. The molecule has 0 atom stereocenters. The van der Waals surface area contributed by atoms with Gasteiger partial charge in [-0.15, -0.1) is 0 Å². The SMILES string of the molecule is Cc1cccc(OCC(=O)NNC(=S)NCCC[NH+]2CCOCC2)c1. The number of thiocarbonyl (C=S) groups is 1. The molecule has 1 amide bonds. The van der Waals surface area contributed by atoms with Gasteiger partial charge >= 0.3 is 0 Å². The van der Waals surface area contributed by atoms with Crippen molar-refractivity contribution in [2.24, 2.45) is 0 Å². The molecule has 0 aliphatic carbocycles. The zero-order chi connectivity index (χ0) is 17.9. The van der Waals surface area contributed by atoms with Gasteiger partial charge in [-0.05, 0) is 36.8 Å². The van der Waals surface area contributed by atoms with Crippen LogP contribution in [0.2, 0.25) is 0 Å². The van der Waals surface area contributed by atoms with Crippen molar-refractivity contribution in [3.8, 4) is 5.75 Å². The van der Waals surface area contributed by atoms with E-state index in [1.54, 1.807) is 4.90 Å². The highest BCUT2D eigenvalue weighted by Crippen LogP contribution is 2.11. The van der Waals surface area contributed by atoms with Crippen LogP contribution in [0.4, 0.5) is 0 Å². The van der Waals surface area contributed by atoms with Crippen LogP contribution in [-0.4, -0.2) is 57.0 Å². The summed E-state index contributed by atoms with van der Waals surface area (Å²) in [5, 5.41) is 3.48. The van der Waals surface area contributed by atoms with Gasteiger partial charge in [0.25, 0.3) is 5.91 Å². The van der Waals surface area contributed by atoms with Gasteiger partial charge in [0.05, 0.1) is 19.8 Å². The molecule has 1 heterocycles. The second-order valence-corrected chi connectivity index (χ2v) is 6.41. The molecule has 1 aromatic carbocycles. The largest absolute Gasteiger partial charge is 0.484 e. The van der Waals surface area contributed by atoms with E-state index in [1.807, 2.05) is 31.2 Å². The van der Waals surface area contributed by atoms with E-state index in [2.05, 4.69) is 16.2 Å². The van der Waals surface area contributed by atoms with Crippen LogP contribution < -0.4 is 25.8 Å². The molecule has 0 saturated carbocycles. The highest BCUT2D eigenvalue weighted by molar-refractivity contribution is 7.80. The molecule has 138 valence electrons. The first-order valence-electron chi connectivity index (χ1n) is 8.57. The Morgan fingerprint density at radius 2 is 2.12 bits per heavy atom. The van der Waals surface area contributed by atoms with Crippen molar-refractivity contribution in [3.05, 3.63) is 29.8 Å². The molecule has 1 aliphatic heterocycles. The Bertz CT molecular complexity index is 565. The second kappa shape index (κ2) is 10.9. The lowest BCUT2D eigenvalue weighted by atomic mass is 10.2. The highest BCUT2D eigenvalue weighted by Gasteiger charge is 2.12. The van der Waals surface area contributed by atoms with Crippen molar-refractivity contribution in [1.29, 1.82) is 0 Å². The monoisotopic (exact) mass is 367 g/mol. The van der Waals surface area contributed by atoms with E-state index in [4.69, 9.17) is 21.7 Å². The smallest absolute Gasteiger partial charge is 0.276 e. The predicted octanol–water partition coefficient (Wildman–Crippen LogP) is -0.826. The van der Waals surface area contributed by atoms with E-state index in [0.29, 0.717) is 10.9 Å². The Kier molecular flexibility index (Phi) is 8.44. The average molecular weight is 367 g/mol. The summed E-state index contributed by atoms with van der Waals surface area (Å²) in [5.41, 5.74) is 6.28. The van der Waals surface area contributed by atoms with E-state index < -0.39 is 0 Å². The van der Waals surface area contributed by atoms with Crippen molar-refractivity contribution in [2.45, 2.75) is 13.3 Å². The maximum absolute atomic E-state index is 11.7. The minimum atomic E-state index is -0.289. The molecule has 2 rings (SSSR count). The van der Waals surface area contributed by atoms with Crippen molar-refractivity contribution < 1.29 is 19.2 Å². The van der Waals surface area contributed by atoms with Gasteiger partial charge in [-0.3, -0.25) is 15.6 Å². The highest BCUT2D eigenvalue weighted by atomic mass is 32.1. The summed E-state index contributed by atoms with van der Waals surface area (Å²) in [4.78, 5) is 13.3. The van der Waals surface area contributed by atoms with Crippen molar-refractivity contribution >= 4 is 23.2 Å². The standard InChI is InChI=1S/C17H26N4O3S/c1-14-4-2-5-15(12-14)24-13-16(22)19-20-17(25)18-6-3-7-21-8-10-23-11-9-21/h2,4-5,12H,3,6-11,13H2,1H3,(H,19,22)(H2,18,20,25)/p+1. The first-order valence-corrected chi connectivity index (χ1v) is 8.98. The summed E-state index contributed by atoms with van der Waals surface area (Å²) >= 11 is 5.13. The molecule has 8 heteroatoms. The molecule has 1 fully saturated rings. The van der Waals surface area contributed by atoms with Crippen LogP contribution in [0.5, 0.6) is 5.75 Å². The minimum absolute atomic E-state index is 0.0700. The quantitative estimate of drug-likeness (QED) is 0.287. The lowest BCUT2D eigenvalue weighted by Crippen LogP contribution is -3.14. The molecule has 0 bridgehead atoms. The van der Waals surface area contributed by atoms with Crippen molar-refractivity contribution in [2.75, 3.05) is 46.0 Å². The molecular formula is C17H27N4O3S+. The zero-order valence-corrected chi connectivity index (χ0v) is 15.4. The van der Waals surface area contributed by atoms with Gasteiger partial charge in [0, 0.05) is 13.0 Å². The number of amides is 1. The second-order valence-electron chi connectivity index (χ2n) is 6.00. The molecule has 0 spiro atoms. The van der Waals surface area contributed by atoms with Crippen LogP contribution >= 0.6 is 12.2 Å². The van der Waals surface area contributed by atoms with Gasteiger partial charge in [-0.25, -0.2) is 0 Å². The predicted molar refractivity (Wildman–Crippen MR) is 99.6 cm³/mol. The van der Waals surface area contributed by atoms with E-state index in [1.165, 1.54) is 0 Å². The number of benzene rings is 1. The van der Waals surface area contributed by atoms with Gasteiger partial charge in [0.15, 0.2) is 11.7 Å². The number of carbonyl (C=O) groups is 1. The van der Waals surface area contributed by atoms with E-state index >= 15 is 0 Å². The lowest BCUT2D eigenvalue weighted by Gasteiger charge is -2.23. The van der Waals surface area contributed by atoms with Crippen molar-refractivity contribution in [1.82, 2.24) is 16.2 Å². The third-order valence-electron chi connectivity index (χ3n) is 3.87. The average Bonchev–Trinajstić information content (AvgIpc) is 2.63. The molecule has 4 N–H and O–H groups in total. The fourth-order valence-corrected chi connectivity index (χ4v) is 2.66. The summed E-state index contributed by atoms with van der Waals surface area (Å²) in [6.45, 7) is 7.60. The number of quaternary nitrogens is 1. The van der Waals surface area contributed by atoms with E-state index in [-0.39, 0.29) is 12.5 Å². The van der Waals surface area contributed by atoms with Crippen LogP contribution in [0.15, 0.2) is 24.3 Å². The fraction of sp³-hybridized carbons (Fsp3) is 0.529. The molecule has 7 nitrogen and oxygen atoms in total. The molecular weight excluding hydrogens is 340 g/mol. The Morgan fingerprint density at radius 1 is 1.32 bits per heavy atom. The number of rotatable bonds is 7. The maximum atomic E-state index is 11.7. The number of carbonyl (C=O) groups excluding carboxylic acids is 1. The number of hydrogen-bond acceptors (Lipinski definition) is 4. The van der Waals surface area contributed by atoms with Gasteiger partial charge in [-0.2, -0.15) is 0 Å². The third-order valence-corrected chi connectivity index (χ3v) is 4.11. The van der Waals surface area contributed by atoms with Crippen LogP contribution in [0, 0.1) is 6.92 Å². The third kappa shape index (κ3) is 8.15. The normalized spacial score (nSPS) is 14.6. The van der Waals surface area contributed by atoms with Gasteiger partial charge in [0.2, 0.25) is 0 Å². The van der Waals surface area contributed by atoms with E-state index in [0.717, 1.165) is 51.4 Å².